The van der Waals surface area contributed by atoms with Crippen LogP contribution < -0.4 is 5.32 Å². The van der Waals surface area contributed by atoms with E-state index >= 15 is 0 Å². The summed E-state index contributed by atoms with van der Waals surface area (Å²) in [6.45, 7) is 0. The fourth-order valence-electron chi connectivity index (χ4n) is 1.09. The Morgan fingerprint density at radius 2 is 2.31 bits per heavy atom. The van der Waals surface area contributed by atoms with Crippen LogP contribution in [0.3, 0.4) is 0 Å². The van der Waals surface area contributed by atoms with Crippen LogP contribution in [-0.2, 0) is 15.8 Å². The molecule has 1 rings (SSSR count). The van der Waals surface area contributed by atoms with Crippen molar-refractivity contribution in [2.75, 3.05) is 6.29 Å². The lowest BCUT2D eigenvalue weighted by Crippen LogP contribution is -2.39. The summed E-state index contributed by atoms with van der Waals surface area (Å²) in [6.07, 6.45) is 2.26. The molecule has 0 bridgehead atoms. The molecule has 0 aliphatic rings. The Bertz CT molecular complexity index is 387. The van der Waals surface area contributed by atoms with E-state index in [1.165, 1.54) is 12.5 Å². The summed E-state index contributed by atoms with van der Waals surface area (Å²) in [5, 5.41) is 11.1. The standard InChI is InChI=1S/C7H12N3O5P/c11-7(12)6(10-4-16(13,14)15)1-5-2-8-3-9-5/h2-3,6,10H,1,4H2,(H,8,9)(H,11,12)(H2,13,14,15). The Labute approximate surface area is 90.9 Å². The van der Waals surface area contributed by atoms with Crippen LogP contribution in [0.4, 0.5) is 0 Å². The van der Waals surface area contributed by atoms with Crippen molar-refractivity contribution in [2.45, 2.75) is 12.5 Å². The molecule has 0 radical (unpaired) electrons. The predicted molar refractivity (Wildman–Crippen MR) is 53.8 cm³/mol. The summed E-state index contributed by atoms with van der Waals surface area (Å²) >= 11 is 0. The van der Waals surface area contributed by atoms with Crippen molar-refractivity contribution in [3.8, 4) is 0 Å². The summed E-state index contributed by atoms with van der Waals surface area (Å²) in [6, 6.07) is -1.06. The highest BCUT2D eigenvalue weighted by Crippen LogP contribution is 2.32. The van der Waals surface area contributed by atoms with E-state index in [-0.39, 0.29) is 6.42 Å². The number of H-pyrrole nitrogens is 1. The maximum atomic E-state index is 10.8. The van der Waals surface area contributed by atoms with Crippen molar-refractivity contribution in [1.82, 2.24) is 15.3 Å². The van der Waals surface area contributed by atoms with Crippen LogP contribution in [0, 0.1) is 0 Å². The van der Waals surface area contributed by atoms with Crippen LogP contribution in [0.1, 0.15) is 5.69 Å². The van der Waals surface area contributed by atoms with E-state index in [4.69, 9.17) is 14.9 Å². The van der Waals surface area contributed by atoms with Gasteiger partial charge in [0.05, 0.1) is 12.6 Å². The maximum absolute atomic E-state index is 10.8. The monoisotopic (exact) mass is 249 g/mol. The van der Waals surface area contributed by atoms with Gasteiger partial charge in [-0.05, 0) is 0 Å². The van der Waals surface area contributed by atoms with Crippen LogP contribution >= 0.6 is 7.60 Å². The van der Waals surface area contributed by atoms with Gasteiger partial charge in [0.15, 0.2) is 0 Å². The van der Waals surface area contributed by atoms with Gasteiger partial charge in [-0.2, -0.15) is 0 Å². The lowest BCUT2D eigenvalue weighted by atomic mass is 10.2. The Hall–Kier alpha value is -1.21. The van der Waals surface area contributed by atoms with Crippen molar-refractivity contribution >= 4 is 13.6 Å². The number of imidazole rings is 1. The van der Waals surface area contributed by atoms with Crippen LogP contribution in [0.5, 0.6) is 0 Å². The second-order valence-electron chi connectivity index (χ2n) is 3.20. The molecule has 1 aromatic rings. The first-order valence-electron chi connectivity index (χ1n) is 4.36. The quantitative estimate of drug-likeness (QED) is 0.413. The lowest BCUT2D eigenvalue weighted by molar-refractivity contribution is -0.139. The summed E-state index contributed by atoms with van der Waals surface area (Å²) in [5.41, 5.74) is 0.575. The number of nitrogens with one attached hydrogen (secondary N) is 2. The molecule has 1 aromatic heterocycles. The van der Waals surface area contributed by atoms with Gasteiger partial charge >= 0.3 is 13.6 Å². The molecule has 0 fully saturated rings. The Kier molecular flexibility index (Phi) is 4.19. The van der Waals surface area contributed by atoms with Gasteiger partial charge in [-0.1, -0.05) is 0 Å². The fraction of sp³-hybridized carbons (Fsp3) is 0.429. The number of nitrogens with zero attached hydrogens (tertiary/aromatic N) is 1. The van der Waals surface area contributed by atoms with Crippen molar-refractivity contribution in [3.05, 3.63) is 18.2 Å². The molecule has 1 unspecified atom stereocenters. The highest BCUT2D eigenvalue weighted by atomic mass is 31.2. The molecule has 16 heavy (non-hydrogen) atoms. The molecule has 0 saturated carbocycles. The van der Waals surface area contributed by atoms with E-state index in [1.54, 1.807) is 0 Å². The molecule has 0 aliphatic heterocycles. The minimum Gasteiger partial charge on any atom is -0.480 e. The van der Waals surface area contributed by atoms with E-state index in [9.17, 15) is 9.36 Å². The third-order valence-corrected chi connectivity index (χ3v) is 2.42. The number of carboxylic acids is 1. The predicted octanol–water partition coefficient (Wildman–Crippen LogP) is -0.870. The highest BCUT2D eigenvalue weighted by Gasteiger charge is 2.22. The number of carboxylic acid groups (broad SMARTS) is 1. The summed E-state index contributed by atoms with van der Waals surface area (Å²) < 4.78 is 10.6. The van der Waals surface area contributed by atoms with Gasteiger partial charge in [0.25, 0.3) is 0 Å². The van der Waals surface area contributed by atoms with Crippen molar-refractivity contribution in [1.29, 1.82) is 0 Å². The summed E-state index contributed by atoms with van der Waals surface area (Å²) in [7, 11) is -4.25. The zero-order chi connectivity index (χ0) is 12.2. The first-order valence-corrected chi connectivity index (χ1v) is 6.16. The third-order valence-electron chi connectivity index (χ3n) is 1.82. The molecular formula is C7H12N3O5P. The minimum atomic E-state index is -4.25. The Morgan fingerprint density at radius 1 is 1.62 bits per heavy atom. The maximum Gasteiger partial charge on any atom is 0.339 e. The Morgan fingerprint density at radius 3 is 2.75 bits per heavy atom. The molecule has 1 heterocycles. The topological polar surface area (TPSA) is 136 Å². The largest absolute Gasteiger partial charge is 0.480 e. The van der Waals surface area contributed by atoms with Crippen LogP contribution in [0.2, 0.25) is 0 Å². The van der Waals surface area contributed by atoms with E-state index in [1.807, 2.05) is 0 Å². The summed E-state index contributed by atoms with van der Waals surface area (Å²) in [4.78, 5) is 34.4. The summed E-state index contributed by atoms with van der Waals surface area (Å²) in [5.74, 6) is -1.18. The zero-order valence-corrected chi connectivity index (χ0v) is 9.09. The van der Waals surface area contributed by atoms with Crippen molar-refractivity contribution < 1.29 is 24.3 Å². The number of hydrogen-bond donors (Lipinski definition) is 5. The number of aliphatic carboxylic acids is 1. The van der Waals surface area contributed by atoms with E-state index in [0.717, 1.165) is 0 Å². The second-order valence-corrected chi connectivity index (χ2v) is 4.84. The molecule has 5 N–H and O–H groups in total. The van der Waals surface area contributed by atoms with Gasteiger partial charge in [-0.15, -0.1) is 0 Å². The average molecular weight is 249 g/mol. The molecule has 0 spiro atoms. The molecule has 90 valence electrons. The highest BCUT2D eigenvalue weighted by molar-refractivity contribution is 7.51. The number of rotatable bonds is 6. The molecule has 8 nitrogen and oxygen atoms in total. The van der Waals surface area contributed by atoms with E-state index in [2.05, 4.69) is 15.3 Å². The SMILES string of the molecule is O=C(O)C(Cc1cnc[nH]1)NCP(=O)(O)O. The molecule has 9 heteroatoms. The van der Waals surface area contributed by atoms with Crippen molar-refractivity contribution in [3.63, 3.8) is 0 Å². The lowest BCUT2D eigenvalue weighted by Gasteiger charge is -2.13. The van der Waals surface area contributed by atoms with Gasteiger partial charge in [0, 0.05) is 18.3 Å². The average Bonchev–Trinajstić information content (AvgIpc) is 2.62. The number of hydrogen-bond acceptors (Lipinski definition) is 4. The smallest absolute Gasteiger partial charge is 0.339 e. The molecular weight excluding hydrogens is 237 g/mol. The molecule has 0 aromatic carbocycles. The number of carbonyl (C=O) groups is 1. The fourth-order valence-corrected chi connectivity index (χ4v) is 1.55. The normalized spacial score (nSPS) is 13.6. The number of aromatic amines is 1. The van der Waals surface area contributed by atoms with E-state index < -0.39 is 25.9 Å². The van der Waals surface area contributed by atoms with Gasteiger partial charge in [-0.25, -0.2) is 4.98 Å². The van der Waals surface area contributed by atoms with Crippen LogP contribution in [-0.4, -0.2) is 43.2 Å². The third kappa shape index (κ3) is 4.54. The first-order chi connectivity index (χ1) is 7.38. The van der Waals surface area contributed by atoms with Gasteiger partial charge < -0.3 is 19.9 Å². The number of aromatic nitrogens is 2. The van der Waals surface area contributed by atoms with E-state index in [0.29, 0.717) is 5.69 Å². The molecule has 0 amide bonds. The first kappa shape index (κ1) is 12.9. The van der Waals surface area contributed by atoms with Crippen LogP contribution in [0.25, 0.3) is 0 Å². The molecule has 0 saturated heterocycles. The van der Waals surface area contributed by atoms with Crippen LogP contribution in [0.15, 0.2) is 12.5 Å². The van der Waals surface area contributed by atoms with Gasteiger partial charge in [-0.3, -0.25) is 14.7 Å². The van der Waals surface area contributed by atoms with Crippen molar-refractivity contribution in [2.24, 2.45) is 0 Å². The Balaban J connectivity index is 2.55. The van der Waals surface area contributed by atoms with Gasteiger partial charge in [0.1, 0.15) is 6.04 Å². The molecule has 0 aliphatic carbocycles. The zero-order valence-electron chi connectivity index (χ0n) is 8.20. The van der Waals surface area contributed by atoms with Gasteiger partial charge in [0.2, 0.25) is 0 Å². The second kappa shape index (κ2) is 5.22. The molecule has 1 atom stereocenters. The minimum absolute atomic E-state index is 0.0787.